The van der Waals surface area contributed by atoms with Gasteiger partial charge in [0.2, 0.25) is 0 Å². The van der Waals surface area contributed by atoms with Gasteiger partial charge >= 0.3 is 0 Å². The molecule has 0 saturated carbocycles. The first-order valence-electron chi connectivity index (χ1n) is 6.99. The maximum Gasteiger partial charge on any atom is 0.149 e. The van der Waals surface area contributed by atoms with Gasteiger partial charge in [-0.2, -0.15) is 0 Å². The van der Waals surface area contributed by atoms with Crippen molar-refractivity contribution in [1.82, 2.24) is 10.2 Å². The number of ether oxygens (including phenoxy) is 1. The number of likely N-dealkylation sites (N-methyl/N-ethyl adjacent to an activating group) is 2. The molecule has 0 atom stereocenters. The van der Waals surface area contributed by atoms with Crippen molar-refractivity contribution in [2.75, 3.05) is 59.4 Å². The molecule has 0 amide bonds. The average Bonchev–Trinajstić information content (AvgIpc) is 2.40. The number of methoxy groups -OCH3 is 1. The third kappa shape index (κ3) is 5.95. The molecule has 6 heteroatoms. The number of halogens is 2. The molecule has 0 aromatic heterocycles. The molecule has 1 aromatic carbocycles. The van der Waals surface area contributed by atoms with Crippen LogP contribution in [0.1, 0.15) is 5.56 Å². The van der Waals surface area contributed by atoms with Crippen LogP contribution in [-0.2, 0) is 11.3 Å². The fourth-order valence-electron chi connectivity index (χ4n) is 1.95. The minimum Gasteiger partial charge on any atom is -0.383 e. The minimum atomic E-state index is -0.528. The number of nitrogens with zero attached hydrogens (tertiary/aromatic N) is 2. The Balaban J connectivity index is 2.70. The molecule has 1 rings (SSSR count). The first-order valence-corrected chi connectivity index (χ1v) is 6.99. The summed E-state index contributed by atoms with van der Waals surface area (Å²) in [6, 6.07) is 2.76. The van der Waals surface area contributed by atoms with Crippen LogP contribution in [0.2, 0.25) is 0 Å². The van der Waals surface area contributed by atoms with E-state index in [1.807, 2.05) is 19.0 Å². The van der Waals surface area contributed by atoms with Crippen molar-refractivity contribution >= 4 is 5.69 Å². The number of anilines is 1. The summed E-state index contributed by atoms with van der Waals surface area (Å²) in [5, 5.41) is 3.07. The SMILES string of the molecule is COCCNCc1cc(F)c(N(C)CCN(C)C)c(F)c1. The van der Waals surface area contributed by atoms with Crippen LogP contribution in [0, 0.1) is 11.6 Å². The van der Waals surface area contributed by atoms with Crippen LogP contribution in [0.5, 0.6) is 0 Å². The quantitative estimate of drug-likeness (QED) is 0.703. The van der Waals surface area contributed by atoms with E-state index in [1.54, 1.807) is 19.1 Å². The van der Waals surface area contributed by atoms with Gasteiger partial charge < -0.3 is 19.9 Å². The molecule has 21 heavy (non-hydrogen) atoms. The summed E-state index contributed by atoms with van der Waals surface area (Å²) in [5.41, 5.74) is 0.614. The van der Waals surface area contributed by atoms with Crippen molar-refractivity contribution in [1.29, 1.82) is 0 Å². The molecule has 4 nitrogen and oxygen atoms in total. The summed E-state index contributed by atoms with van der Waals surface area (Å²) in [5.74, 6) is -1.06. The Morgan fingerprint density at radius 3 is 2.24 bits per heavy atom. The normalized spacial score (nSPS) is 11.2. The topological polar surface area (TPSA) is 27.7 Å². The van der Waals surface area contributed by atoms with Crippen molar-refractivity contribution in [2.45, 2.75) is 6.54 Å². The largest absolute Gasteiger partial charge is 0.383 e. The molecule has 0 heterocycles. The maximum atomic E-state index is 14.1. The Hall–Kier alpha value is -1.24. The Morgan fingerprint density at radius 1 is 1.10 bits per heavy atom. The summed E-state index contributed by atoms with van der Waals surface area (Å²) in [7, 11) is 7.16. The Bertz CT molecular complexity index is 418. The summed E-state index contributed by atoms with van der Waals surface area (Å²) >= 11 is 0. The highest BCUT2D eigenvalue weighted by atomic mass is 19.1. The molecule has 0 saturated heterocycles. The molecule has 0 fully saturated rings. The molecule has 0 spiro atoms. The van der Waals surface area contributed by atoms with Gasteiger partial charge in [0.1, 0.15) is 17.3 Å². The second kappa shape index (κ2) is 8.92. The third-order valence-electron chi connectivity index (χ3n) is 3.15. The van der Waals surface area contributed by atoms with Crippen LogP contribution in [0.3, 0.4) is 0 Å². The van der Waals surface area contributed by atoms with E-state index in [9.17, 15) is 8.78 Å². The van der Waals surface area contributed by atoms with Crippen molar-refractivity contribution in [3.05, 3.63) is 29.3 Å². The second-order valence-corrected chi connectivity index (χ2v) is 5.30. The lowest BCUT2D eigenvalue weighted by Gasteiger charge is -2.23. The van der Waals surface area contributed by atoms with E-state index < -0.39 is 11.6 Å². The molecule has 1 aromatic rings. The van der Waals surface area contributed by atoms with Crippen molar-refractivity contribution in [2.24, 2.45) is 0 Å². The maximum absolute atomic E-state index is 14.1. The number of rotatable bonds is 9. The van der Waals surface area contributed by atoms with Gasteiger partial charge in [-0.1, -0.05) is 0 Å². The first-order chi connectivity index (χ1) is 9.95. The van der Waals surface area contributed by atoms with E-state index in [4.69, 9.17) is 4.74 Å². The average molecular weight is 301 g/mol. The second-order valence-electron chi connectivity index (χ2n) is 5.30. The van der Waals surface area contributed by atoms with Gasteiger partial charge in [-0.3, -0.25) is 0 Å². The molecule has 0 aliphatic rings. The molecular weight excluding hydrogens is 276 g/mol. The standard InChI is InChI=1S/C15H25F2N3O/c1-19(2)6-7-20(3)15-13(16)9-12(10-14(15)17)11-18-5-8-21-4/h9-10,18H,5-8,11H2,1-4H3. The molecule has 0 aliphatic carbocycles. The summed E-state index contributed by atoms with van der Waals surface area (Å²) < 4.78 is 33.1. The molecular formula is C15H25F2N3O. The molecule has 0 aliphatic heterocycles. The van der Waals surface area contributed by atoms with E-state index >= 15 is 0 Å². The monoisotopic (exact) mass is 301 g/mol. The Kier molecular flexibility index (Phi) is 7.56. The highest BCUT2D eigenvalue weighted by Crippen LogP contribution is 2.24. The van der Waals surface area contributed by atoms with Gasteiger partial charge in [-0.15, -0.1) is 0 Å². The van der Waals surface area contributed by atoms with Crippen LogP contribution < -0.4 is 10.2 Å². The zero-order valence-corrected chi connectivity index (χ0v) is 13.2. The zero-order valence-electron chi connectivity index (χ0n) is 13.2. The fraction of sp³-hybridized carbons (Fsp3) is 0.600. The van der Waals surface area contributed by atoms with E-state index in [0.717, 1.165) is 6.54 Å². The highest BCUT2D eigenvalue weighted by molar-refractivity contribution is 5.50. The van der Waals surface area contributed by atoms with Gasteiger partial charge in [0, 0.05) is 40.3 Å². The van der Waals surface area contributed by atoms with Crippen molar-refractivity contribution in [3.8, 4) is 0 Å². The lowest BCUT2D eigenvalue weighted by Crippen LogP contribution is -2.29. The van der Waals surface area contributed by atoms with Crippen LogP contribution >= 0.6 is 0 Å². The fourth-order valence-corrected chi connectivity index (χ4v) is 1.95. The predicted molar refractivity (Wildman–Crippen MR) is 81.8 cm³/mol. The third-order valence-corrected chi connectivity index (χ3v) is 3.15. The summed E-state index contributed by atoms with van der Waals surface area (Å²) in [6.45, 7) is 2.92. The van der Waals surface area contributed by atoms with E-state index in [0.29, 0.717) is 31.8 Å². The van der Waals surface area contributed by atoms with Crippen molar-refractivity contribution < 1.29 is 13.5 Å². The smallest absolute Gasteiger partial charge is 0.149 e. The summed E-state index contributed by atoms with van der Waals surface area (Å²) in [6.07, 6.45) is 0. The van der Waals surface area contributed by atoms with E-state index in [1.165, 1.54) is 12.1 Å². The zero-order chi connectivity index (χ0) is 15.8. The lowest BCUT2D eigenvalue weighted by atomic mass is 10.1. The Morgan fingerprint density at radius 2 is 1.71 bits per heavy atom. The highest BCUT2D eigenvalue weighted by Gasteiger charge is 2.15. The number of hydrogen-bond donors (Lipinski definition) is 1. The molecule has 120 valence electrons. The lowest BCUT2D eigenvalue weighted by molar-refractivity contribution is 0.199. The predicted octanol–water partition coefficient (Wildman–Crippen LogP) is 1.70. The Labute approximate surface area is 125 Å². The molecule has 0 radical (unpaired) electrons. The molecule has 0 unspecified atom stereocenters. The number of benzene rings is 1. The molecule has 0 bridgehead atoms. The van der Waals surface area contributed by atoms with Gasteiger partial charge in [0.25, 0.3) is 0 Å². The van der Waals surface area contributed by atoms with Crippen LogP contribution in [0.4, 0.5) is 14.5 Å². The van der Waals surface area contributed by atoms with Crippen LogP contribution in [0.25, 0.3) is 0 Å². The van der Waals surface area contributed by atoms with Gasteiger partial charge in [-0.25, -0.2) is 8.78 Å². The van der Waals surface area contributed by atoms with Crippen LogP contribution in [-0.4, -0.2) is 59.4 Å². The van der Waals surface area contributed by atoms with Gasteiger partial charge in [0.05, 0.1) is 6.61 Å². The minimum absolute atomic E-state index is 0.0255. The van der Waals surface area contributed by atoms with E-state index in [2.05, 4.69) is 5.32 Å². The first kappa shape index (κ1) is 17.8. The van der Waals surface area contributed by atoms with Crippen LogP contribution in [0.15, 0.2) is 12.1 Å². The van der Waals surface area contributed by atoms with Gasteiger partial charge in [-0.05, 0) is 31.8 Å². The van der Waals surface area contributed by atoms with Gasteiger partial charge in [0.15, 0.2) is 0 Å². The summed E-state index contributed by atoms with van der Waals surface area (Å²) in [4.78, 5) is 3.58. The van der Waals surface area contributed by atoms with E-state index in [-0.39, 0.29) is 5.69 Å². The van der Waals surface area contributed by atoms with Crippen molar-refractivity contribution in [3.63, 3.8) is 0 Å². The number of hydrogen-bond acceptors (Lipinski definition) is 4. The molecule has 1 N–H and O–H groups in total. The number of nitrogens with one attached hydrogen (secondary N) is 1.